The van der Waals surface area contributed by atoms with Crippen molar-refractivity contribution in [3.63, 3.8) is 0 Å². The Balaban J connectivity index is 1.55. The van der Waals surface area contributed by atoms with E-state index in [1.54, 1.807) is 25.3 Å². The fourth-order valence-corrected chi connectivity index (χ4v) is 4.34. The Morgan fingerprint density at radius 3 is 2.54 bits per heavy atom. The van der Waals surface area contributed by atoms with Gasteiger partial charge in [0.15, 0.2) is 0 Å². The van der Waals surface area contributed by atoms with Crippen molar-refractivity contribution in [2.75, 3.05) is 20.3 Å². The van der Waals surface area contributed by atoms with Crippen molar-refractivity contribution in [1.29, 1.82) is 0 Å². The van der Waals surface area contributed by atoms with Crippen LogP contribution in [-0.2, 0) is 22.9 Å². The minimum Gasteiger partial charge on any atom is -0.496 e. The first kappa shape index (κ1) is 18.7. The van der Waals surface area contributed by atoms with Gasteiger partial charge in [0, 0.05) is 6.54 Å². The van der Waals surface area contributed by atoms with Gasteiger partial charge in [-0.25, -0.2) is 13.1 Å². The molecule has 140 valence electrons. The van der Waals surface area contributed by atoms with E-state index >= 15 is 0 Å². The summed E-state index contributed by atoms with van der Waals surface area (Å²) < 4.78 is 38.2. The van der Waals surface area contributed by atoms with E-state index in [2.05, 4.69) is 16.9 Å². The van der Waals surface area contributed by atoms with Crippen LogP contribution in [0, 0.1) is 6.92 Å². The molecule has 1 N–H and O–H groups in total. The molecule has 0 unspecified atom stereocenters. The summed E-state index contributed by atoms with van der Waals surface area (Å²) >= 11 is 0. The molecule has 26 heavy (non-hydrogen) atoms. The zero-order valence-corrected chi connectivity index (χ0v) is 16.1. The van der Waals surface area contributed by atoms with Crippen molar-refractivity contribution >= 4 is 10.0 Å². The molecule has 0 bridgehead atoms. The SMILES string of the molecule is COc1ccc(S(=O)(=O)NCCOc2ccc3c(c2)CCCC3)cc1C. The number of ether oxygens (including phenoxy) is 2. The molecule has 0 spiro atoms. The van der Waals surface area contributed by atoms with Gasteiger partial charge in [0.1, 0.15) is 18.1 Å². The first-order valence-electron chi connectivity index (χ1n) is 8.88. The van der Waals surface area contributed by atoms with E-state index in [0.717, 1.165) is 24.2 Å². The van der Waals surface area contributed by atoms with Crippen LogP contribution < -0.4 is 14.2 Å². The van der Waals surface area contributed by atoms with Gasteiger partial charge in [-0.15, -0.1) is 0 Å². The molecule has 1 aliphatic rings. The summed E-state index contributed by atoms with van der Waals surface area (Å²) in [5.41, 5.74) is 3.53. The normalized spacial score (nSPS) is 13.9. The lowest BCUT2D eigenvalue weighted by Crippen LogP contribution is -2.28. The number of hydrogen-bond donors (Lipinski definition) is 1. The first-order chi connectivity index (χ1) is 12.5. The number of methoxy groups -OCH3 is 1. The van der Waals surface area contributed by atoms with E-state index in [1.165, 1.54) is 24.0 Å². The molecule has 1 aliphatic carbocycles. The molecule has 6 heteroatoms. The molecule has 0 radical (unpaired) electrons. The van der Waals surface area contributed by atoms with Crippen LogP contribution in [0.15, 0.2) is 41.3 Å². The summed E-state index contributed by atoms with van der Waals surface area (Å²) in [6.07, 6.45) is 4.70. The molecule has 2 aromatic rings. The number of benzene rings is 2. The molecule has 0 saturated heterocycles. The fraction of sp³-hybridized carbons (Fsp3) is 0.400. The van der Waals surface area contributed by atoms with Crippen LogP contribution in [-0.4, -0.2) is 28.7 Å². The van der Waals surface area contributed by atoms with Crippen LogP contribution in [0.1, 0.15) is 29.5 Å². The first-order valence-corrected chi connectivity index (χ1v) is 10.4. The molecule has 0 saturated carbocycles. The third kappa shape index (κ3) is 4.37. The van der Waals surface area contributed by atoms with Gasteiger partial charge < -0.3 is 9.47 Å². The molecule has 0 atom stereocenters. The van der Waals surface area contributed by atoms with Gasteiger partial charge >= 0.3 is 0 Å². The maximum Gasteiger partial charge on any atom is 0.240 e. The van der Waals surface area contributed by atoms with Crippen LogP contribution in [0.2, 0.25) is 0 Å². The Morgan fingerprint density at radius 2 is 1.81 bits per heavy atom. The minimum atomic E-state index is -3.56. The molecule has 2 aromatic carbocycles. The highest BCUT2D eigenvalue weighted by atomic mass is 32.2. The average molecular weight is 375 g/mol. The molecule has 5 nitrogen and oxygen atoms in total. The Kier molecular flexibility index (Phi) is 5.84. The van der Waals surface area contributed by atoms with Crippen molar-refractivity contribution in [2.45, 2.75) is 37.5 Å². The Morgan fingerprint density at radius 1 is 1.04 bits per heavy atom. The third-order valence-corrected chi connectivity index (χ3v) is 6.12. The molecule has 0 aromatic heterocycles. The quantitative estimate of drug-likeness (QED) is 0.755. The van der Waals surface area contributed by atoms with Gasteiger partial charge in [-0.05, 0) is 79.6 Å². The van der Waals surface area contributed by atoms with Crippen molar-refractivity contribution in [3.8, 4) is 11.5 Å². The van der Waals surface area contributed by atoms with Crippen molar-refractivity contribution in [1.82, 2.24) is 4.72 Å². The lowest BCUT2D eigenvalue weighted by Gasteiger charge is -2.17. The largest absolute Gasteiger partial charge is 0.496 e. The van der Waals surface area contributed by atoms with Crippen LogP contribution in [0.4, 0.5) is 0 Å². The molecule has 0 aliphatic heterocycles. The van der Waals surface area contributed by atoms with Crippen molar-refractivity contribution in [2.24, 2.45) is 0 Å². The molecule has 0 heterocycles. The second-order valence-corrected chi connectivity index (χ2v) is 8.28. The molecule has 0 fully saturated rings. The Labute approximate surface area is 155 Å². The number of hydrogen-bond acceptors (Lipinski definition) is 4. The predicted octanol–water partition coefficient (Wildman–Crippen LogP) is 3.24. The van der Waals surface area contributed by atoms with Crippen molar-refractivity contribution in [3.05, 3.63) is 53.1 Å². The number of nitrogens with one attached hydrogen (secondary N) is 1. The van der Waals surface area contributed by atoms with Crippen LogP contribution >= 0.6 is 0 Å². The van der Waals surface area contributed by atoms with E-state index < -0.39 is 10.0 Å². The van der Waals surface area contributed by atoms with Gasteiger partial charge in [0.2, 0.25) is 10.0 Å². The second-order valence-electron chi connectivity index (χ2n) is 6.52. The maximum absolute atomic E-state index is 12.4. The van der Waals surface area contributed by atoms with E-state index in [1.807, 2.05) is 13.0 Å². The highest BCUT2D eigenvalue weighted by Crippen LogP contribution is 2.25. The summed E-state index contributed by atoms with van der Waals surface area (Å²) in [5, 5.41) is 0. The maximum atomic E-state index is 12.4. The van der Waals surface area contributed by atoms with Gasteiger partial charge in [-0.2, -0.15) is 0 Å². The Bertz CT molecular complexity index is 877. The smallest absolute Gasteiger partial charge is 0.240 e. The standard InChI is InChI=1S/C20H25NO4S/c1-15-13-19(9-10-20(15)24-2)26(22,23)21-11-12-25-18-8-7-16-5-3-4-6-17(16)14-18/h7-10,13-14,21H,3-6,11-12H2,1-2H3. The highest BCUT2D eigenvalue weighted by molar-refractivity contribution is 7.89. The molecular formula is C20H25NO4S. The zero-order valence-electron chi connectivity index (χ0n) is 15.2. The summed E-state index contributed by atoms with van der Waals surface area (Å²) in [6, 6.07) is 11.0. The van der Waals surface area contributed by atoms with Gasteiger partial charge in [-0.1, -0.05) is 6.07 Å². The van der Waals surface area contributed by atoms with E-state index in [-0.39, 0.29) is 18.0 Å². The minimum absolute atomic E-state index is 0.213. The van der Waals surface area contributed by atoms with Crippen LogP contribution in [0.5, 0.6) is 11.5 Å². The van der Waals surface area contributed by atoms with Gasteiger partial charge in [0.05, 0.1) is 12.0 Å². The lowest BCUT2D eigenvalue weighted by molar-refractivity contribution is 0.322. The number of sulfonamides is 1. The summed E-state index contributed by atoms with van der Waals surface area (Å²) in [7, 11) is -2.00. The zero-order chi connectivity index (χ0) is 18.6. The Hall–Kier alpha value is -2.05. The second kappa shape index (κ2) is 8.10. The third-order valence-electron chi connectivity index (χ3n) is 4.66. The topological polar surface area (TPSA) is 64.6 Å². The summed E-state index contributed by atoms with van der Waals surface area (Å²) in [6.45, 7) is 2.31. The molecule has 0 amide bonds. The number of aryl methyl sites for hydroxylation is 3. The van der Waals surface area contributed by atoms with E-state index in [0.29, 0.717) is 5.75 Å². The van der Waals surface area contributed by atoms with E-state index in [4.69, 9.17) is 9.47 Å². The van der Waals surface area contributed by atoms with E-state index in [9.17, 15) is 8.42 Å². The monoisotopic (exact) mass is 375 g/mol. The number of fused-ring (bicyclic) bond motifs is 1. The average Bonchev–Trinajstić information content (AvgIpc) is 2.65. The van der Waals surface area contributed by atoms with Crippen LogP contribution in [0.25, 0.3) is 0 Å². The predicted molar refractivity (Wildman–Crippen MR) is 101 cm³/mol. The van der Waals surface area contributed by atoms with Gasteiger partial charge in [-0.3, -0.25) is 0 Å². The van der Waals surface area contributed by atoms with Crippen LogP contribution in [0.3, 0.4) is 0 Å². The highest BCUT2D eigenvalue weighted by Gasteiger charge is 2.15. The molecule has 3 rings (SSSR count). The van der Waals surface area contributed by atoms with Crippen molar-refractivity contribution < 1.29 is 17.9 Å². The fourth-order valence-electron chi connectivity index (χ4n) is 3.25. The van der Waals surface area contributed by atoms with Gasteiger partial charge in [0.25, 0.3) is 0 Å². The lowest BCUT2D eigenvalue weighted by atomic mass is 9.92. The summed E-state index contributed by atoms with van der Waals surface area (Å²) in [4.78, 5) is 0.226. The summed E-state index contributed by atoms with van der Waals surface area (Å²) in [5.74, 6) is 1.46. The molecular weight excluding hydrogens is 350 g/mol. The number of rotatable bonds is 7.